The van der Waals surface area contributed by atoms with E-state index in [1.807, 2.05) is 30.3 Å². The van der Waals surface area contributed by atoms with E-state index in [9.17, 15) is 4.57 Å². The second-order valence-corrected chi connectivity index (χ2v) is 11.7. The Balaban J connectivity index is 2.47. The lowest BCUT2D eigenvalue weighted by molar-refractivity contribution is 0.583. The molecule has 4 atom stereocenters. The molecule has 1 aromatic rings. The monoisotopic (exact) mass is 428 g/mol. The SMILES string of the molecule is CC1(Br)C(Br)CP(=O)(c2ccccc2)C1Br. The molecule has 1 aliphatic heterocycles. The summed E-state index contributed by atoms with van der Waals surface area (Å²) in [4.78, 5) is 0.218. The summed E-state index contributed by atoms with van der Waals surface area (Å²) in [6, 6.07) is 9.77. The first-order chi connectivity index (χ1) is 7.39. The van der Waals surface area contributed by atoms with E-state index in [0.717, 1.165) is 5.30 Å². The minimum Gasteiger partial charge on any atom is -0.317 e. The maximum atomic E-state index is 13.1. The van der Waals surface area contributed by atoms with Crippen molar-refractivity contribution in [3.05, 3.63) is 30.3 Å². The molecule has 5 heteroatoms. The Morgan fingerprint density at radius 1 is 1.31 bits per heavy atom. The Morgan fingerprint density at radius 2 is 1.88 bits per heavy atom. The summed E-state index contributed by atoms with van der Waals surface area (Å²) in [6.07, 6.45) is 0.689. The van der Waals surface area contributed by atoms with Crippen molar-refractivity contribution < 1.29 is 4.57 Å². The molecule has 1 aliphatic rings. The number of halogens is 3. The fraction of sp³-hybridized carbons (Fsp3) is 0.455. The van der Waals surface area contributed by atoms with Gasteiger partial charge in [-0.05, 0) is 6.92 Å². The summed E-state index contributed by atoms with van der Waals surface area (Å²) >= 11 is 10.9. The average Bonchev–Trinajstić information content (AvgIpc) is 2.42. The van der Waals surface area contributed by atoms with Crippen molar-refractivity contribution in [2.24, 2.45) is 0 Å². The van der Waals surface area contributed by atoms with Crippen molar-refractivity contribution in [3.63, 3.8) is 0 Å². The standard InChI is InChI=1S/C11H12Br3OP/c1-11(14)9(12)7-16(15,10(11)13)8-5-3-2-4-6-8/h2-6,9-10H,7H2,1H3. The van der Waals surface area contributed by atoms with E-state index in [-0.39, 0.29) is 13.7 Å². The number of hydrogen-bond acceptors (Lipinski definition) is 1. The number of alkyl halides is 3. The van der Waals surface area contributed by atoms with E-state index < -0.39 is 7.14 Å². The molecule has 0 spiro atoms. The van der Waals surface area contributed by atoms with Crippen LogP contribution in [0.1, 0.15) is 6.92 Å². The van der Waals surface area contributed by atoms with Gasteiger partial charge < -0.3 is 4.57 Å². The van der Waals surface area contributed by atoms with Crippen LogP contribution in [0.15, 0.2) is 30.3 Å². The molecule has 1 nitrogen and oxygen atoms in total. The van der Waals surface area contributed by atoms with Gasteiger partial charge in [0.05, 0.1) is 8.89 Å². The Kier molecular flexibility index (Phi) is 3.77. The topological polar surface area (TPSA) is 17.1 Å². The van der Waals surface area contributed by atoms with Crippen LogP contribution in [-0.2, 0) is 4.57 Å². The number of hydrogen-bond donors (Lipinski definition) is 0. The minimum absolute atomic E-state index is 0.0284. The second-order valence-electron chi connectivity index (χ2n) is 4.27. The third-order valence-electron chi connectivity index (χ3n) is 3.07. The molecule has 0 N–H and O–H groups in total. The van der Waals surface area contributed by atoms with E-state index in [4.69, 9.17) is 0 Å². The number of benzene rings is 1. The molecule has 0 bridgehead atoms. The van der Waals surface area contributed by atoms with Gasteiger partial charge in [0, 0.05) is 16.3 Å². The third-order valence-corrected chi connectivity index (χ3v) is 13.7. The van der Waals surface area contributed by atoms with Crippen molar-refractivity contribution >= 4 is 60.2 Å². The Labute approximate surface area is 121 Å². The summed E-state index contributed by atoms with van der Waals surface area (Å²) in [5, 5.41) is 0.963. The van der Waals surface area contributed by atoms with Crippen LogP contribution in [-0.4, -0.2) is 19.9 Å². The summed E-state index contributed by atoms with van der Waals surface area (Å²) in [5.74, 6) is 0. The Bertz CT molecular complexity index is 432. The van der Waals surface area contributed by atoms with Gasteiger partial charge in [-0.2, -0.15) is 0 Å². The van der Waals surface area contributed by atoms with E-state index in [1.54, 1.807) is 0 Å². The first-order valence-corrected chi connectivity index (χ1v) is 9.59. The summed E-state index contributed by atoms with van der Waals surface area (Å²) in [6.45, 7) is 2.08. The van der Waals surface area contributed by atoms with Crippen LogP contribution in [0, 0.1) is 0 Å². The highest BCUT2D eigenvalue weighted by molar-refractivity contribution is 9.14. The van der Waals surface area contributed by atoms with Gasteiger partial charge in [0.15, 0.2) is 0 Å². The molecule has 16 heavy (non-hydrogen) atoms. The van der Waals surface area contributed by atoms with Gasteiger partial charge in [0.2, 0.25) is 0 Å². The van der Waals surface area contributed by atoms with E-state index in [1.165, 1.54) is 0 Å². The molecule has 1 heterocycles. The Hall–Kier alpha value is 0.890. The molecule has 0 amide bonds. The molecule has 0 aliphatic carbocycles. The van der Waals surface area contributed by atoms with Crippen LogP contribution in [0.3, 0.4) is 0 Å². The minimum atomic E-state index is -2.37. The lowest BCUT2D eigenvalue weighted by Crippen LogP contribution is -2.30. The third kappa shape index (κ3) is 2.00. The molecule has 88 valence electrons. The quantitative estimate of drug-likeness (QED) is 0.479. The average molecular weight is 431 g/mol. The maximum absolute atomic E-state index is 13.1. The van der Waals surface area contributed by atoms with Gasteiger partial charge in [-0.1, -0.05) is 78.1 Å². The van der Waals surface area contributed by atoms with Crippen molar-refractivity contribution in [2.45, 2.75) is 20.6 Å². The molecular formula is C11H12Br3OP. The smallest absolute Gasteiger partial charge is 0.131 e. The highest BCUT2D eigenvalue weighted by atomic mass is 79.9. The maximum Gasteiger partial charge on any atom is 0.131 e. The van der Waals surface area contributed by atoms with Crippen molar-refractivity contribution in [1.82, 2.24) is 0 Å². The summed E-state index contributed by atoms with van der Waals surface area (Å²) < 4.78 is 12.9. The van der Waals surface area contributed by atoms with E-state index in [2.05, 4.69) is 54.7 Å². The van der Waals surface area contributed by atoms with Crippen LogP contribution >= 0.6 is 54.9 Å². The van der Waals surface area contributed by atoms with Crippen LogP contribution in [0.2, 0.25) is 0 Å². The normalized spacial score (nSPS) is 43.5. The largest absolute Gasteiger partial charge is 0.317 e. The zero-order valence-electron chi connectivity index (χ0n) is 8.74. The molecule has 1 aromatic carbocycles. The molecule has 0 aromatic heterocycles. The lowest BCUT2D eigenvalue weighted by atomic mass is 10.2. The molecular weight excluding hydrogens is 419 g/mol. The lowest BCUT2D eigenvalue weighted by Gasteiger charge is -2.25. The second kappa shape index (κ2) is 4.53. The van der Waals surface area contributed by atoms with Crippen LogP contribution < -0.4 is 5.30 Å². The van der Waals surface area contributed by atoms with Crippen LogP contribution in [0.25, 0.3) is 0 Å². The summed E-state index contributed by atoms with van der Waals surface area (Å²) in [5.41, 5.74) is 0. The van der Waals surface area contributed by atoms with E-state index >= 15 is 0 Å². The van der Waals surface area contributed by atoms with Crippen LogP contribution in [0.4, 0.5) is 0 Å². The first kappa shape index (κ1) is 13.3. The predicted octanol–water partition coefficient (Wildman–Crippen LogP) is 4.33. The molecule has 1 saturated heterocycles. The van der Waals surface area contributed by atoms with Gasteiger partial charge in [-0.15, -0.1) is 0 Å². The van der Waals surface area contributed by atoms with E-state index in [0.29, 0.717) is 6.16 Å². The van der Waals surface area contributed by atoms with Crippen LogP contribution in [0.5, 0.6) is 0 Å². The molecule has 0 saturated carbocycles. The van der Waals surface area contributed by atoms with Gasteiger partial charge in [0.25, 0.3) is 0 Å². The van der Waals surface area contributed by atoms with Crippen molar-refractivity contribution in [2.75, 3.05) is 6.16 Å². The van der Waals surface area contributed by atoms with Gasteiger partial charge in [-0.3, -0.25) is 0 Å². The molecule has 4 unspecified atom stereocenters. The highest BCUT2D eigenvalue weighted by Gasteiger charge is 2.55. The predicted molar refractivity (Wildman–Crippen MR) is 81.3 cm³/mol. The summed E-state index contributed by atoms with van der Waals surface area (Å²) in [7, 11) is -2.37. The fourth-order valence-electron chi connectivity index (χ4n) is 1.98. The molecule has 1 fully saturated rings. The van der Waals surface area contributed by atoms with Crippen molar-refractivity contribution in [3.8, 4) is 0 Å². The zero-order chi connectivity index (χ0) is 12.0. The van der Waals surface area contributed by atoms with Crippen molar-refractivity contribution in [1.29, 1.82) is 0 Å². The first-order valence-electron chi connectivity index (χ1n) is 5.00. The highest BCUT2D eigenvalue weighted by Crippen LogP contribution is 2.66. The van der Waals surface area contributed by atoms with Gasteiger partial charge >= 0.3 is 0 Å². The van der Waals surface area contributed by atoms with Gasteiger partial charge in [-0.25, -0.2) is 0 Å². The van der Waals surface area contributed by atoms with Gasteiger partial charge in [0.1, 0.15) is 7.14 Å². The zero-order valence-corrected chi connectivity index (χ0v) is 14.4. The molecule has 0 radical (unpaired) electrons. The Morgan fingerprint density at radius 3 is 2.31 bits per heavy atom. The molecule has 2 rings (SSSR count). The number of rotatable bonds is 1. The fourth-order valence-corrected chi connectivity index (χ4v) is 10.2.